The van der Waals surface area contributed by atoms with Gasteiger partial charge in [-0.05, 0) is 60.9 Å². The van der Waals surface area contributed by atoms with Crippen LogP contribution in [-0.4, -0.2) is 24.5 Å². The van der Waals surface area contributed by atoms with Crippen molar-refractivity contribution in [3.8, 4) is 0 Å². The highest BCUT2D eigenvalue weighted by atomic mass is 79.9. The SMILES string of the molecule is CC1(NC(=O)c2ccc(Br)o2)CCNCC1. The lowest BCUT2D eigenvalue weighted by Gasteiger charge is -2.34. The number of hydrogen-bond donors (Lipinski definition) is 2. The van der Waals surface area contributed by atoms with E-state index in [0.717, 1.165) is 25.9 Å². The smallest absolute Gasteiger partial charge is 0.287 e. The topological polar surface area (TPSA) is 54.3 Å². The molecule has 1 amide bonds. The van der Waals surface area contributed by atoms with E-state index in [9.17, 15) is 4.79 Å². The van der Waals surface area contributed by atoms with E-state index in [2.05, 4.69) is 33.5 Å². The summed E-state index contributed by atoms with van der Waals surface area (Å²) in [5.74, 6) is 0.210. The standard InChI is InChI=1S/C11H15BrN2O2/c1-11(4-6-13-7-5-11)14-10(15)8-2-3-9(12)16-8/h2-3,13H,4-7H2,1H3,(H,14,15). The van der Waals surface area contributed by atoms with Gasteiger partial charge in [-0.3, -0.25) is 4.79 Å². The molecule has 1 aliphatic rings. The summed E-state index contributed by atoms with van der Waals surface area (Å²) in [4.78, 5) is 11.9. The minimum absolute atomic E-state index is 0.123. The van der Waals surface area contributed by atoms with Gasteiger partial charge in [-0.25, -0.2) is 0 Å². The molecule has 0 bridgehead atoms. The van der Waals surface area contributed by atoms with Gasteiger partial charge in [0.2, 0.25) is 0 Å². The van der Waals surface area contributed by atoms with Crippen LogP contribution in [0.1, 0.15) is 30.3 Å². The maximum Gasteiger partial charge on any atom is 0.287 e. The molecule has 88 valence electrons. The Morgan fingerprint density at radius 2 is 2.19 bits per heavy atom. The summed E-state index contributed by atoms with van der Waals surface area (Å²) < 4.78 is 5.80. The van der Waals surface area contributed by atoms with Crippen LogP contribution in [-0.2, 0) is 0 Å². The molecule has 2 N–H and O–H groups in total. The van der Waals surface area contributed by atoms with Gasteiger partial charge in [0.15, 0.2) is 10.4 Å². The van der Waals surface area contributed by atoms with Crippen molar-refractivity contribution >= 4 is 21.8 Å². The highest BCUT2D eigenvalue weighted by Crippen LogP contribution is 2.19. The number of rotatable bonds is 2. The fraction of sp³-hybridized carbons (Fsp3) is 0.545. The molecule has 1 aliphatic heterocycles. The van der Waals surface area contributed by atoms with Crippen LogP contribution in [0.25, 0.3) is 0 Å². The molecule has 16 heavy (non-hydrogen) atoms. The van der Waals surface area contributed by atoms with Gasteiger partial charge in [0.05, 0.1) is 0 Å². The fourth-order valence-electron chi connectivity index (χ4n) is 1.88. The average molecular weight is 287 g/mol. The van der Waals surface area contributed by atoms with Crippen LogP contribution in [0.4, 0.5) is 0 Å². The summed E-state index contributed by atoms with van der Waals surface area (Å²) in [5, 5.41) is 6.31. The van der Waals surface area contributed by atoms with Crippen LogP contribution in [0.5, 0.6) is 0 Å². The monoisotopic (exact) mass is 286 g/mol. The molecule has 0 saturated carbocycles. The Hall–Kier alpha value is -0.810. The zero-order valence-corrected chi connectivity index (χ0v) is 10.8. The van der Waals surface area contributed by atoms with Gasteiger partial charge in [0, 0.05) is 5.54 Å². The van der Waals surface area contributed by atoms with Crippen LogP contribution >= 0.6 is 15.9 Å². The number of amides is 1. The number of hydrogen-bond acceptors (Lipinski definition) is 3. The van der Waals surface area contributed by atoms with Crippen molar-refractivity contribution in [3.05, 3.63) is 22.6 Å². The first-order chi connectivity index (χ1) is 7.59. The van der Waals surface area contributed by atoms with E-state index in [-0.39, 0.29) is 11.4 Å². The number of furan rings is 1. The zero-order chi connectivity index (χ0) is 11.6. The highest BCUT2D eigenvalue weighted by Gasteiger charge is 2.29. The Labute approximate surface area is 103 Å². The molecule has 2 rings (SSSR count). The van der Waals surface area contributed by atoms with Gasteiger partial charge >= 0.3 is 0 Å². The van der Waals surface area contributed by atoms with Crippen molar-refractivity contribution in [1.29, 1.82) is 0 Å². The molecule has 1 saturated heterocycles. The van der Waals surface area contributed by atoms with Crippen molar-refractivity contribution in [1.82, 2.24) is 10.6 Å². The van der Waals surface area contributed by atoms with E-state index in [1.54, 1.807) is 12.1 Å². The number of piperidine rings is 1. The van der Waals surface area contributed by atoms with Crippen molar-refractivity contribution in [2.24, 2.45) is 0 Å². The molecule has 0 aliphatic carbocycles. The Morgan fingerprint density at radius 3 is 2.75 bits per heavy atom. The van der Waals surface area contributed by atoms with Gasteiger partial charge in [0.25, 0.3) is 5.91 Å². The molecule has 0 spiro atoms. The average Bonchev–Trinajstić information content (AvgIpc) is 2.65. The lowest BCUT2D eigenvalue weighted by Crippen LogP contribution is -2.52. The maximum absolute atomic E-state index is 11.9. The third-order valence-electron chi connectivity index (χ3n) is 2.92. The summed E-state index contributed by atoms with van der Waals surface area (Å²) >= 11 is 3.18. The van der Waals surface area contributed by atoms with Crippen molar-refractivity contribution in [2.75, 3.05) is 13.1 Å². The molecular weight excluding hydrogens is 272 g/mol. The second kappa shape index (κ2) is 4.59. The minimum Gasteiger partial charge on any atom is -0.444 e. The summed E-state index contributed by atoms with van der Waals surface area (Å²) in [6, 6.07) is 3.39. The summed E-state index contributed by atoms with van der Waals surface area (Å²) in [6.45, 7) is 3.96. The molecule has 4 nitrogen and oxygen atoms in total. The Balaban J connectivity index is 2.01. The highest BCUT2D eigenvalue weighted by molar-refractivity contribution is 9.10. The van der Waals surface area contributed by atoms with Crippen molar-refractivity contribution in [3.63, 3.8) is 0 Å². The molecule has 0 radical (unpaired) electrons. The lowest BCUT2D eigenvalue weighted by atomic mass is 9.90. The van der Waals surface area contributed by atoms with E-state index in [1.807, 2.05) is 0 Å². The predicted molar refractivity (Wildman–Crippen MR) is 64.4 cm³/mol. The van der Waals surface area contributed by atoms with Gasteiger partial charge in [0.1, 0.15) is 0 Å². The van der Waals surface area contributed by atoms with Crippen LogP contribution < -0.4 is 10.6 Å². The summed E-state index contributed by atoms with van der Waals surface area (Å²) in [5.41, 5.74) is -0.123. The number of halogens is 1. The number of nitrogens with one attached hydrogen (secondary N) is 2. The minimum atomic E-state index is -0.143. The first kappa shape index (κ1) is 11.7. The number of carbonyl (C=O) groups excluding carboxylic acids is 1. The van der Waals surface area contributed by atoms with Gasteiger partial charge in [-0.1, -0.05) is 0 Å². The van der Waals surface area contributed by atoms with Crippen LogP contribution in [0, 0.1) is 0 Å². The maximum atomic E-state index is 11.9. The second-order valence-corrected chi connectivity index (χ2v) is 5.15. The van der Waals surface area contributed by atoms with Crippen molar-refractivity contribution in [2.45, 2.75) is 25.3 Å². The molecule has 2 heterocycles. The first-order valence-electron chi connectivity index (χ1n) is 5.38. The second-order valence-electron chi connectivity index (χ2n) is 4.37. The fourth-order valence-corrected chi connectivity index (χ4v) is 2.18. The molecule has 1 aromatic rings. The van der Waals surface area contributed by atoms with E-state index in [1.165, 1.54) is 0 Å². The van der Waals surface area contributed by atoms with Crippen LogP contribution in [0.15, 0.2) is 21.2 Å². The molecule has 5 heteroatoms. The normalized spacial score (nSPS) is 19.4. The molecular formula is C11H15BrN2O2. The van der Waals surface area contributed by atoms with Crippen molar-refractivity contribution < 1.29 is 9.21 Å². The van der Waals surface area contributed by atoms with Gasteiger partial charge in [-0.15, -0.1) is 0 Å². The molecule has 0 aromatic carbocycles. The van der Waals surface area contributed by atoms with E-state index >= 15 is 0 Å². The largest absolute Gasteiger partial charge is 0.444 e. The lowest BCUT2D eigenvalue weighted by molar-refractivity contribution is 0.0857. The molecule has 1 fully saturated rings. The molecule has 0 unspecified atom stereocenters. The van der Waals surface area contributed by atoms with E-state index in [0.29, 0.717) is 10.4 Å². The quantitative estimate of drug-likeness (QED) is 0.873. The summed E-state index contributed by atoms with van der Waals surface area (Å²) in [6.07, 6.45) is 1.89. The first-order valence-corrected chi connectivity index (χ1v) is 6.17. The van der Waals surface area contributed by atoms with E-state index < -0.39 is 0 Å². The zero-order valence-electron chi connectivity index (χ0n) is 9.18. The van der Waals surface area contributed by atoms with Gasteiger partial charge < -0.3 is 15.1 Å². The third-order valence-corrected chi connectivity index (χ3v) is 3.35. The van der Waals surface area contributed by atoms with E-state index in [4.69, 9.17) is 4.42 Å². The Kier molecular flexibility index (Phi) is 3.35. The Morgan fingerprint density at radius 1 is 1.50 bits per heavy atom. The molecule has 0 atom stereocenters. The summed E-state index contributed by atoms with van der Waals surface area (Å²) in [7, 11) is 0. The number of carbonyl (C=O) groups is 1. The van der Waals surface area contributed by atoms with Crippen LogP contribution in [0.3, 0.4) is 0 Å². The predicted octanol–water partition coefficient (Wildman–Crippen LogP) is 1.91. The Bertz CT molecular complexity index is 383. The third kappa shape index (κ3) is 2.65. The van der Waals surface area contributed by atoms with Gasteiger partial charge in [-0.2, -0.15) is 0 Å². The molecule has 1 aromatic heterocycles. The van der Waals surface area contributed by atoms with Crippen LogP contribution in [0.2, 0.25) is 0 Å².